The van der Waals surface area contributed by atoms with Crippen LogP contribution < -0.4 is 5.32 Å². The highest BCUT2D eigenvalue weighted by atomic mass is 16.3. The molecule has 1 aromatic carbocycles. The van der Waals surface area contributed by atoms with E-state index in [4.69, 9.17) is 0 Å². The third-order valence-corrected chi connectivity index (χ3v) is 4.78. The van der Waals surface area contributed by atoms with Crippen molar-refractivity contribution in [3.8, 4) is 0 Å². The number of aromatic nitrogens is 1. The molecular weight excluding hydrogens is 314 g/mol. The zero-order chi connectivity index (χ0) is 17.8. The van der Waals surface area contributed by atoms with Crippen molar-refractivity contribution in [3.05, 3.63) is 53.9 Å². The summed E-state index contributed by atoms with van der Waals surface area (Å²) in [4.78, 5) is 15.0. The summed E-state index contributed by atoms with van der Waals surface area (Å²) in [7, 11) is 0. The summed E-state index contributed by atoms with van der Waals surface area (Å²) in [5.41, 5.74) is 2.64. The molecule has 1 aromatic heterocycles. The Labute approximate surface area is 149 Å². The van der Waals surface area contributed by atoms with Gasteiger partial charge in [0.25, 0.3) is 5.91 Å². The van der Waals surface area contributed by atoms with Crippen molar-refractivity contribution in [1.82, 2.24) is 9.47 Å². The number of rotatable bonds is 5. The Morgan fingerprint density at radius 3 is 2.64 bits per heavy atom. The lowest BCUT2D eigenvalue weighted by Gasteiger charge is -2.30. The Morgan fingerprint density at radius 2 is 1.92 bits per heavy atom. The van der Waals surface area contributed by atoms with Gasteiger partial charge in [-0.2, -0.15) is 0 Å². The number of benzene rings is 1. The van der Waals surface area contributed by atoms with Gasteiger partial charge >= 0.3 is 0 Å². The van der Waals surface area contributed by atoms with E-state index >= 15 is 0 Å². The highest BCUT2D eigenvalue weighted by molar-refractivity contribution is 6.03. The SMILES string of the molecule is CC(C)n1cccc1C(=O)Nc1ccccc1CN1CCC(O)CC1. The van der Waals surface area contributed by atoms with E-state index < -0.39 is 0 Å². The molecule has 3 rings (SSSR count). The van der Waals surface area contributed by atoms with E-state index in [0.29, 0.717) is 5.69 Å². The molecule has 0 aliphatic carbocycles. The third kappa shape index (κ3) is 4.30. The summed E-state index contributed by atoms with van der Waals surface area (Å²) in [6, 6.07) is 12.0. The highest BCUT2D eigenvalue weighted by Gasteiger charge is 2.19. The summed E-state index contributed by atoms with van der Waals surface area (Å²) in [6.45, 7) is 6.69. The number of para-hydroxylation sites is 1. The van der Waals surface area contributed by atoms with E-state index in [1.807, 2.05) is 41.1 Å². The number of nitrogens with one attached hydrogen (secondary N) is 1. The number of nitrogens with zero attached hydrogens (tertiary/aromatic N) is 2. The number of piperidine rings is 1. The average molecular weight is 341 g/mol. The van der Waals surface area contributed by atoms with Gasteiger partial charge in [-0.05, 0) is 50.5 Å². The van der Waals surface area contributed by atoms with Crippen LogP contribution in [0.15, 0.2) is 42.6 Å². The number of aliphatic hydroxyl groups is 1. The highest BCUT2D eigenvalue weighted by Crippen LogP contribution is 2.21. The summed E-state index contributed by atoms with van der Waals surface area (Å²) in [6.07, 6.45) is 3.40. The number of hydrogen-bond acceptors (Lipinski definition) is 3. The molecule has 0 radical (unpaired) electrons. The quantitative estimate of drug-likeness (QED) is 0.877. The smallest absolute Gasteiger partial charge is 0.272 e. The number of carbonyl (C=O) groups excluding carboxylic acids is 1. The predicted molar refractivity (Wildman–Crippen MR) is 99.7 cm³/mol. The van der Waals surface area contributed by atoms with Gasteiger partial charge in [-0.15, -0.1) is 0 Å². The Hall–Kier alpha value is -2.11. The van der Waals surface area contributed by atoms with Crippen molar-refractivity contribution in [2.45, 2.75) is 45.4 Å². The second kappa shape index (κ2) is 7.85. The number of amides is 1. The van der Waals surface area contributed by atoms with Crippen LogP contribution >= 0.6 is 0 Å². The van der Waals surface area contributed by atoms with Crippen LogP contribution in [0.2, 0.25) is 0 Å². The molecular formula is C20H27N3O2. The fourth-order valence-electron chi connectivity index (χ4n) is 3.32. The van der Waals surface area contributed by atoms with Crippen LogP contribution in [0, 0.1) is 0 Å². The molecule has 5 nitrogen and oxygen atoms in total. The second-order valence-electron chi connectivity index (χ2n) is 7.01. The Morgan fingerprint density at radius 1 is 1.20 bits per heavy atom. The van der Waals surface area contributed by atoms with E-state index in [-0.39, 0.29) is 18.1 Å². The van der Waals surface area contributed by atoms with Crippen LogP contribution in [0.1, 0.15) is 48.8 Å². The average Bonchev–Trinajstić information content (AvgIpc) is 3.09. The number of aliphatic hydroxyl groups excluding tert-OH is 1. The molecule has 2 N–H and O–H groups in total. The lowest BCUT2D eigenvalue weighted by molar-refractivity contribution is 0.0793. The molecule has 1 aliphatic heterocycles. The van der Waals surface area contributed by atoms with Gasteiger partial charge in [-0.3, -0.25) is 9.69 Å². The Kier molecular flexibility index (Phi) is 5.56. The standard InChI is InChI=1S/C20H27N3O2/c1-15(2)23-11-5-8-19(23)20(25)21-18-7-4-3-6-16(18)14-22-12-9-17(24)10-13-22/h3-8,11,15,17,24H,9-10,12-14H2,1-2H3,(H,21,25). The molecule has 2 heterocycles. The summed E-state index contributed by atoms with van der Waals surface area (Å²) in [5.74, 6) is -0.0831. The Bertz CT molecular complexity index is 715. The lowest BCUT2D eigenvalue weighted by Crippen LogP contribution is -2.35. The molecule has 0 spiro atoms. The number of likely N-dealkylation sites (tertiary alicyclic amines) is 1. The molecule has 5 heteroatoms. The summed E-state index contributed by atoms with van der Waals surface area (Å²) < 4.78 is 1.98. The summed E-state index contributed by atoms with van der Waals surface area (Å²) in [5, 5.41) is 12.7. The molecule has 1 aliphatic rings. The zero-order valence-electron chi connectivity index (χ0n) is 15.0. The zero-order valence-corrected chi connectivity index (χ0v) is 15.0. The van der Waals surface area contributed by atoms with Crippen LogP contribution in [0.3, 0.4) is 0 Å². The molecule has 1 fully saturated rings. The largest absolute Gasteiger partial charge is 0.393 e. The van der Waals surface area contributed by atoms with Gasteiger partial charge < -0.3 is 15.0 Å². The normalized spacial score (nSPS) is 16.3. The maximum atomic E-state index is 12.7. The van der Waals surface area contributed by atoms with Crippen LogP contribution in [0.4, 0.5) is 5.69 Å². The van der Waals surface area contributed by atoms with Crippen molar-refractivity contribution in [2.75, 3.05) is 18.4 Å². The maximum Gasteiger partial charge on any atom is 0.272 e. The molecule has 0 atom stereocenters. The van der Waals surface area contributed by atoms with Crippen LogP contribution in [-0.2, 0) is 6.54 Å². The monoisotopic (exact) mass is 341 g/mol. The minimum absolute atomic E-state index is 0.0831. The third-order valence-electron chi connectivity index (χ3n) is 4.78. The maximum absolute atomic E-state index is 12.7. The van der Waals surface area contributed by atoms with Crippen molar-refractivity contribution >= 4 is 11.6 Å². The fourth-order valence-corrected chi connectivity index (χ4v) is 3.32. The lowest BCUT2D eigenvalue weighted by atomic mass is 10.1. The van der Waals surface area contributed by atoms with Gasteiger partial charge in [0, 0.05) is 37.6 Å². The van der Waals surface area contributed by atoms with Crippen LogP contribution in [0.25, 0.3) is 0 Å². The van der Waals surface area contributed by atoms with Crippen LogP contribution in [0.5, 0.6) is 0 Å². The number of anilines is 1. The molecule has 1 amide bonds. The molecule has 0 bridgehead atoms. The van der Waals surface area contributed by atoms with E-state index in [1.165, 1.54) is 0 Å². The van der Waals surface area contributed by atoms with Gasteiger partial charge in [-0.25, -0.2) is 0 Å². The second-order valence-corrected chi connectivity index (χ2v) is 7.01. The first-order chi connectivity index (χ1) is 12.0. The molecule has 0 unspecified atom stereocenters. The Balaban J connectivity index is 1.72. The van der Waals surface area contributed by atoms with E-state index in [9.17, 15) is 9.90 Å². The first kappa shape index (κ1) is 17.7. The minimum Gasteiger partial charge on any atom is -0.393 e. The molecule has 134 valence electrons. The predicted octanol–water partition coefficient (Wildman–Crippen LogP) is 3.28. The van der Waals surface area contributed by atoms with Crippen LogP contribution in [-0.4, -0.2) is 39.7 Å². The summed E-state index contributed by atoms with van der Waals surface area (Å²) >= 11 is 0. The fraction of sp³-hybridized carbons (Fsp3) is 0.450. The molecule has 2 aromatic rings. The molecule has 25 heavy (non-hydrogen) atoms. The topological polar surface area (TPSA) is 57.5 Å². The van der Waals surface area contributed by atoms with Gasteiger partial charge in [0.1, 0.15) is 5.69 Å². The molecule has 1 saturated heterocycles. The van der Waals surface area contributed by atoms with Gasteiger partial charge in [0.2, 0.25) is 0 Å². The number of hydrogen-bond donors (Lipinski definition) is 2. The molecule has 0 saturated carbocycles. The van der Waals surface area contributed by atoms with Crippen molar-refractivity contribution in [2.24, 2.45) is 0 Å². The van der Waals surface area contributed by atoms with E-state index in [1.54, 1.807) is 0 Å². The van der Waals surface area contributed by atoms with Crippen molar-refractivity contribution in [3.63, 3.8) is 0 Å². The van der Waals surface area contributed by atoms with Gasteiger partial charge in [-0.1, -0.05) is 18.2 Å². The van der Waals surface area contributed by atoms with Gasteiger partial charge in [0.05, 0.1) is 6.10 Å². The first-order valence-electron chi connectivity index (χ1n) is 9.01. The van der Waals surface area contributed by atoms with Gasteiger partial charge in [0.15, 0.2) is 0 Å². The van der Waals surface area contributed by atoms with E-state index in [0.717, 1.165) is 43.7 Å². The van der Waals surface area contributed by atoms with Crippen molar-refractivity contribution < 1.29 is 9.90 Å². The minimum atomic E-state index is -0.171. The van der Waals surface area contributed by atoms with Crippen molar-refractivity contribution in [1.29, 1.82) is 0 Å². The first-order valence-corrected chi connectivity index (χ1v) is 9.01. The number of carbonyl (C=O) groups is 1. The van der Waals surface area contributed by atoms with E-state index in [2.05, 4.69) is 30.1 Å².